The van der Waals surface area contributed by atoms with E-state index in [0.717, 1.165) is 19.4 Å². The maximum absolute atomic E-state index is 3.77. The quantitative estimate of drug-likeness (QED) is 0.708. The molecule has 1 rings (SSSR count). The summed E-state index contributed by atoms with van der Waals surface area (Å²) in [4.78, 5) is 2.27. The van der Waals surface area contributed by atoms with E-state index in [9.17, 15) is 0 Å². The molecular formula is C16H26N2. The van der Waals surface area contributed by atoms with Crippen molar-refractivity contribution in [3.63, 3.8) is 0 Å². The number of likely N-dealkylation sites (N-methyl/N-ethyl adjacent to an activating group) is 1. The Morgan fingerprint density at radius 2 is 1.94 bits per heavy atom. The van der Waals surface area contributed by atoms with Gasteiger partial charge in [-0.25, -0.2) is 0 Å². The molecule has 0 aromatic heterocycles. The Labute approximate surface area is 112 Å². The van der Waals surface area contributed by atoms with Crippen LogP contribution in [0.5, 0.6) is 0 Å². The van der Waals surface area contributed by atoms with Crippen LogP contribution in [0.3, 0.4) is 0 Å². The van der Waals surface area contributed by atoms with Gasteiger partial charge in [0.15, 0.2) is 0 Å². The van der Waals surface area contributed by atoms with Crippen LogP contribution in [-0.2, 0) is 0 Å². The van der Waals surface area contributed by atoms with Gasteiger partial charge in [0.1, 0.15) is 0 Å². The zero-order valence-electron chi connectivity index (χ0n) is 11.9. The van der Waals surface area contributed by atoms with Crippen LogP contribution in [0.1, 0.15) is 31.4 Å². The lowest BCUT2D eigenvalue weighted by Crippen LogP contribution is -2.35. The molecule has 2 unspecified atom stereocenters. The van der Waals surface area contributed by atoms with Crippen molar-refractivity contribution in [3.8, 4) is 0 Å². The minimum absolute atomic E-state index is 0.428. The summed E-state index contributed by atoms with van der Waals surface area (Å²) in [6.07, 6.45) is 4.21. The molecule has 0 fully saturated rings. The van der Waals surface area contributed by atoms with Crippen molar-refractivity contribution in [3.05, 3.63) is 48.6 Å². The molecule has 0 radical (unpaired) electrons. The van der Waals surface area contributed by atoms with Crippen molar-refractivity contribution >= 4 is 0 Å². The van der Waals surface area contributed by atoms with Crippen LogP contribution in [-0.4, -0.2) is 31.6 Å². The van der Waals surface area contributed by atoms with Crippen molar-refractivity contribution in [2.45, 2.75) is 31.8 Å². The van der Waals surface area contributed by atoms with E-state index in [4.69, 9.17) is 0 Å². The Kier molecular flexibility index (Phi) is 6.69. The molecule has 2 atom stereocenters. The second kappa shape index (κ2) is 8.06. The number of nitrogens with zero attached hydrogens (tertiary/aromatic N) is 1. The van der Waals surface area contributed by atoms with Gasteiger partial charge in [-0.15, -0.1) is 6.58 Å². The topological polar surface area (TPSA) is 15.3 Å². The van der Waals surface area contributed by atoms with Gasteiger partial charge in [-0.05, 0) is 39.4 Å². The van der Waals surface area contributed by atoms with Gasteiger partial charge in [0.2, 0.25) is 0 Å². The smallest absolute Gasteiger partial charge is 0.0466 e. The molecule has 0 bridgehead atoms. The van der Waals surface area contributed by atoms with E-state index in [2.05, 4.69) is 68.1 Å². The predicted octanol–water partition coefficient (Wildman–Crippen LogP) is 3.23. The molecule has 1 aromatic carbocycles. The standard InChI is InChI=1S/C16H26N2/c1-5-6-10-14(2)17-13-16(18(3)4)15-11-8-7-9-12-15/h5,7-9,11-12,14,16-17H,1,6,10,13H2,2-4H3. The molecule has 1 N–H and O–H groups in total. The third kappa shape index (κ3) is 5.03. The van der Waals surface area contributed by atoms with Gasteiger partial charge in [-0.2, -0.15) is 0 Å². The average molecular weight is 246 g/mol. The van der Waals surface area contributed by atoms with Crippen LogP contribution in [0.4, 0.5) is 0 Å². The first-order valence-electron chi connectivity index (χ1n) is 6.70. The molecule has 0 heterocycles. The van der Waals surface area contributed by atoms with Crippen LogP contribution in [0.15, 0.2) is 43.0 Å². The molecule has 2 nitrogen and oxygen atoms in total. The molecule has 1 aromatic rings. The molecule has 0 aliphatic carbocycles. The van der Waals surface area contributed by atoms with Crippen molar-refractivity contribution in [1.29, 1.82) is 0 Å². The summed E-state index contributed by atoms with van der Waals surface area (Å²) in [6.45, 7) is 6.99. The van der Waals surface area contributed by atoms with Gasteiger partial charge in [0, 0.05) is 18.6 Å². The lowest BCUT2D eigenvalue weighted by Gasteiger charge is -2.27. The summed E-state index contributed by atoms with van der Waals surface area (Å²) in [5.74, 6) is 0. The van der Waals surface area contributed by atoms with Gasteiger partial charge in [0.25, 0.3) is 0 Å². The summed E-state index contributed by atoms with van der Waals surface area (Å²) in [5.41, 5.74) is 1.37. The first-order chi connectivity index (χ1) is 8.65. The van der Waals surface area contributed by atoms with E-state index in [1.807, 2.05) is 6.08 Å². The van der Waals surface area contributed by atoms with Crippen molar-refractivity contribution in [2.75, 3.05) is 20.6 Å². The second-order valence-electron chi connectivity index (χ2n) is 5.07. The maximum atomic E-state index is 3.77. The van der Waals surface area contributed by atoms with Crippen LogP contribution >= 0.6 is 0 Å². The van der Waals surface area contributed by atoms with Crippen molar-refractivity contribution in [2.24, 2.45) is 0 Å². The Balaban J connectivity index is 2.52. The maximum Gasteiger partial charge on any atom is 0.0466 e. The number of nitrogens with one attached hydrogen (secondary N) is 1. The van der Waals surface area contributed by atoms with Gasteiger partial charge in [0.05, 0.1) is 0 Å². The zero-order chi connectivity index (χ0) is 13.4. The average Bonchev–Trinajstić information content (AvgIpc) is 2.37. The van der Waals surface area contributed by atoms with Gasteiger partial charge in [-0.1, -0.05) is 36.4 Å². The van der Waals surface area contributed by atoms with E-state index in [0.29, 0.717) is 12.1 Å². The summed E-state index contributed by atoms with van der Waals surface area (Å²) >= 11 is 0. The first kappa shape index (κ1) is 14.9. The molecule has 0 amide bonds. The van der Waals surface area contributed by atoms with Crippen LogP contribution in [0.25, 0.3) is 0 Å². The number of hydrogen-bond donors (Lipinski definition) is 1. The Morgan fingerprint density at radius 3 is 2.50 bits per heavy atom. The van der Waals surface area contributed by atoms with E-state index >= 15 is 0 Å². The van der Waals surface area contributed by atoms with Crippen molar-refractivity contribution < 1.29 is 0 Å². The van der Waals surface area contributed by atoms with Gasteiger partial charge >= 0.3 is 0 Å². The highest BCUT2D eigenvalue weighted by Gasteiger charge is 2.14. The second-order valence-corrected chi connectivity index (χ2v) is 5.07. The molecule has 0 aliphatic rings. The summed E-state index contributed by atoms with van der Waals surface area (Å²) < 4.78 is 0. The highest BCUT2D eigenvalue weighted by Crippen LogP contribution is 2.17. The normalized spacial score (nSPS) is 14.4. The fourth-order valence-corrected chi connectivity index (χ4v) is 2.06. The first-order valence-corrected chi connectivity index (χ1v) is 6.70. The van der Waals surface area contributed by atoms with Gasteiger partial charge < -0.3 is 10.2 Å². The van der Waals surface area contributed by atoms with Gasteiger partial charge in [-0.3, -0.25) is 0 Å². The minimum atomic E-state index is 0.428. The number of hydrogen-bond acceptors (Lipinski definition) is 2. The van der Waals surface area contributed by atoms with Crippen LogP contribution < -0.4 is 5.32 Å². The molecule has 0 saturated carbocycles. The minimum Gasteiger partial charge on any atom is -0.312 e. The SMILES string of the molecule is C=CCCC(C)NCC(c1ccccc1)N(C)C. The summed E-state index contributed by atoms with van der Waals surface area (Å²) in [6, 6.07) is 11.6. The van der Waals surface area contributed by atoms with E-state index in [1.165, 1.54) is 5.56 Å². The monoisotopic (exact) mass is 246 g/mol. The van der Waals surface area contributed by atoms with E-state index in [1.54, 1.807) is 0 Å². The van der Waals surface area contributed by atoms with Crippen molar-refractivity contribution in [1.82, 2.24) is 10.2 Å². The Hall–Kier alpha value is -1.12. The molecule has 0 aliphatic heterocycles. The predicted molar refractivity (Wildman–Crippen MR) is 79.8 cm³/mol. The zero-order valence-corrected chi connectivity index (χ0v) is 11.9. The third-order valence-electron chi connectivity index (χ3n) is 3.27. The Bertz CT molecular complexity index is 332. The fraction of sp³-hybridized carbons (Fsp3) is 0.500. The molecule has 100 valence electrons. The van der Waals surface area contributed by atoms with E-state index in [-0.39, 0.29) is 0 Å². The highest BCUT2D eigenvalue weighted by atomic mass is 15.1. The van der Waals surface area contributed by atoms with E-state index < -0.39 is 0 Å². The molecule has 2 heteroatoms. The number of allylic oxidation sites excluding steroid dienone is 1. The van der Waals surface area contributed by atoms with Crippen LogP contribution in [0, 0.1) is 0 Å². The third-order valence-corrected chi connectivity index (χ3v) is 3.27. The molecular weight excluding hydrogens is 220 g/mol. The number of rotatable bonds is 8. The largest absolute Gasteiger partial charge is 0.312 e. The molecule has 18 heavy (non-hydrogen) atoms. The fourth-order valence-electron chi connectivity index (χ4n) is 2.06. The Morgan fingerprint density at radius 1 is 1.28 bits per heavy atom. The lowest BCUT2D eigenvalue weighted by molar-refractivity contribution is 0.279. The highest BCUT2D eigenvalue weighted by molar-refractivity contribution is 5.19. The summed E-state index contributed by atoms with van der Waals surface area (Å²) in [7, 11) is 4.27. The lowest BCUT2D eigenvalue weighted by atomic mass is 10.1. The molecule has 0 saturated heterocycles. The molecule has 0 spiro atoms. The number of benzene rings is 1. The summed E-state index contributed by atoms with van der Waals surface area (Å²) in [5, 5.41) is 3.61. The van der Waals surface area contributed by atoms with Crippen LogP contribution in [0.2, 0.25) is 0 Å².